The average Bonchev–Trinajstić information content (AvgIpc) is 2.32. The molecule has 22 heavy (non-hydrogen) atoms. The van der Waals surface area contributed by atoms with Gasteiger partial charge in [0.15, 0.2) is 11.6 Å². The van der Waals surface area contributed by atoms with Crippen LogP contribution in [0.1, 0.15) is 62.3 Å². The number of hydrogen-bond acceptors (Lipinski definition) is 5. The van der Waals surface area contributed by atoms with Crippen LogP contribution in [0.4, 0.5) is 0 Å². The molecular weight excluding hydrogens is 284 g/mol. The second kappa shape index (κ2) is 7.20. The quantitative estimate of drug-likeness (QED) is 0.707. The SMILES string of the molecule is CC(C)OCC(=O)C(C)(C)C(C)(C)OC(C)C(=O)C(C)(C)O. The molecule has 0 bridgehead atoms. The topological polar surface area (TPSA) is 72.8 Å². The summed E-state index contributed by atoms with van der Waals surface area (Å²) in [7, 11) is 0. The lowest BCUT2D eigenvalue weighted by atomic mass is 9.73. The Kier molecular flexibility index (Phi) is 6.94. The summed E-state index contributed by atoms with van der Waals surface area (Å²) >= 11 is 0. The Balaban J connectivity index is 5.04. The van der Waals surface area contributed by atoms with Gasteiger partial charge in [0.1, 0.15) is 18.3 Å². The molecule has 5 heteroatoms. The molecule has 0 radical (unpaired) electrons. The Labute approximate surface area is 134 Å². The summed E-state index contributed by atoms with van der Waals surface area (Å²) in [5.74, 6) is -0.503. The molecule has 0 aliphatic carbocycles. The molecule has 0 aromatic carbocycles. The lowest BCUT2D eigenvalue weighted by molar-refractivity contribution is -0.176. The van der Waals surface area contributed by atoms with E-state index in [0.29, 0.717) is 0 Å². The number of hydrogen-bond donors (Lipinski definition) is 1. The van der Waals surface area contributed by atoms with Gasteiger partial charge in [0.2, 0.25) is 0 Å². The van der Waals surface area contributed by atoms with E-state index >= 15 is 0 Å². The van der Waals surface area contributed by atoms with Crippen molar-refractivity contribution < 1.29 is 24.2 Å². The minimum absolute atomic E-state index is 0.00524. The van der Waals surface area contributed by atoms with Crippen LogP contribution in [0, 0.1) is 5.41 Å². The molecule has 0 aromatic heterocycles. The highest BCUT2D eigenvalue weighted by Gasteiger charge is 2.46. The lowest BCUT2D eigenvalue weighted by Gasteiger charge is -2.42. The smallest absolute Gasteiger partial charge is 0.192 e. The van der Waals surface area contributed by atoms with Crippen molar-refractivity contribution in [1.82, 2.24) is 0 Å². The highest BCUT2D eigenvalue weighted by atomic mass is 16.5. The van der Waals surface area contributed by atoms with E-state index in [4.69, 9.17) is 9.47 Å². The van der Waals surface area contributed by atoms with Crippen molar-refractivity contribution in [2.45, 2.75) is 85.7 Å². The number of carbonyl (C=O) groups excluding carboxylic acids is 2. The van der Waals surface area contributed by atoms with Crippen LogP contribution in [0.5, 0.6) is 0 Å². The first-order chi connectivity index (χ1) is 9.63. The Morgan fingerprint density at radius 3 is 1.82 bits per heavy atom. The van der Waals surface area contributed by atoms with Gasteiger partial charge in [-0.3, -0.25) is 9.59 Å². The monoisotopic (exact) mass is 316 g/mol. The zero-order valence-corrected chi connectivity index (χ0v) is 15.4. The molecule has 1 unspecified atom stereocenters. The van der Waals surface area contributed by atoms with Crippen LogP contribution < -0.4 is 0 Å². The van der Waals surface area contributed by atoms with Crippen molar-refractivity contribution in [2.24, 2.45) is 5.41 Å². The first-order valence-electron chi connectivity index (χ1n) is 7.72. The second-order valence-electron chi connectivity index (χ2n) is 7.60. The maximum Gasteiger partial charge on any atom is 0.192 e. The molecule has 0 rings (SSSR count). The molecule has 0 spiro atoms. The molecule has 0 fully saturated rings. The molecule has 1 atom stereocenters. The summed E-state index contributed by atoms with van der Waals surface area (Å²) in [4.78, 5) is 24.5. The molecule has 0 saturated carbocycles. The molecular formula is C17H32O5. The van der Waals surface area contributed by atoms with Crippen molar-refractivity contribution in [3.63, 3.8) is 0 Å². The maximum atomic E-state index is 12.4. The van der Waals surface area contributed by atoms with Gasteiger partial charge in [-0.05, 0) is 48.5 Å². The number of carbonyl (C=O) groups is 2. The largest absolute Gasteiger partial charge is 0.383 e. The first-order valence-corrected chi connectivity index (χ1v) is 7.72. The Morgan fingerprint density at radius 2 is 1.45 bits per heavy atom. The van der Waals surface area contributed by atoms with E-state index in [1.54, 1.807) is 34.6 Å². The molecule has 0 saturated heterocycles. The highest BCUT2D eigenvalue weighted by Crippen LogP contribution is 2.36. The summed E-state index contributed by atoms with van der Waals surface area (Å²) in [6, 6.07) is 0. The summed E-state index contributed by atoms with van der Waals surface area (Å²) in [6.07, 6.45) is -0.840. The predicted molar refractivity (Wildman–Crippen MR) is 85.8 cm³/mol. The minimum Gasteiger partial charge on any atom is -0.383 e. The number of aliphatic hydroxyl groups is 1. The van der Waals surface area contributed by atoms with Crippen LogP contribution in [0.15, 0.2) is 0 Å². The van der Waals surface area contributed by atoms with Crippen LogP contribution in [-0.4, -0.2) is 46.7 Å². The summed E-state index contributed by atoms with van der Waals surface area (Å²) in [6.45, 7) is 15.3. The van der Waals surface area contributed by atoms with Crippen LogP contribution in [0.2, 0.25) is 0 Å². The molecule has 0 heterocycles. The fraction of sp³-hybridized carbons (Fsp3) is 0.882. The van der Waals surface area contributed by atoms with Gasteiger partial charge < -0.3 is 14.6 Å². The van der Waals surface area contributed by atoms with Gasteiger partial charge in [0, 0.05) is 0 Å². The maximum absolute atomic E-state index is 12.4. The molecule has 0 aromatic rings. The van der Waals surface area contributed by atoms with Crippen LogP contribution in [0.3, 0.4) is 0 Å². The van der Waals surface area contributed by atoms with Crippen molar-refractivity contribution >= 4 is 11.6 Å². The van der Waals surface area contributed by atoms with Gasteiger partial charge in [-0.25, -0.2) is 0 Å². The van der Waals surface area contributed by atoms with Crippen LogP contribution in [-0.2, 0) is 19.1 Å². The molecule has 5 nitrogen and oxygen atoms in total. The molecule has 130 valence electrons. The Morgan fingerprint density at radius 1 is 1.00 bits per heavy atom. The fourth-order valence-electron chi connectivity index (χ4n) is 1.90. The van der Waals surface area contributed by atoms with E-state index in [9.17, 15) is 14.7 Å². The van der Waals surface area contributed by atoms with E-state index in [0.717, 1.165) is 0 Å². The zero-order chi connectivity index (χ0) is 17.9. The van der Waals surface area contributed by atoms with E-state index in [1.165, 1.54) is 13.8 Å². The van der Waals surface area contributed by atoms with Gasteiger partial charge in [-0.2, -0.15) is 0 Å². The number of ether oxygens (including phenoxy) is 2. The third-order valence-electron chi connectivity index (χ3n) is 4.19. The molecule has 0 amide bonds. The fourth-order valence-corrected chi connectivity index (χ4v) is 1.90. The normalized spacial score (nSPS) is 15.0. The summed E-state index contributed by atoms with van der Waals surface area (Å²) < 4.78 is 11.2. The van der Waals surface area contributed by atoms with Gasteiger partial charge >= 0.3 is 0 Å². The average molecular weight is 316 g/mol. The highest BCUT2D eigenvalue weighted by molar-refractivity contribution is 5.90. The number of Topliss-reactive ketones (excluding diaryl/α,β-unsaturated/α-hetero) is 2. The lowest BCUT2D eigenvalue weighted by Crippen LogP contribution is -2.52. The van der Waals surface area contributed by atoms with Gasteiger partial charge in [-0.1, -0.05) is 13.8 Å². The van der Waals surface area contributed by atoms with E-state index in [-0.39, 0.29) is 18.5 Å². The van der Waals surface area contributed by atoms with Gasteiger partial charge in [-0.15, -0.1) is 0 Å². The van der Waals surface area contributed by atoms with Gasteiger partial charge in [0.05, 0.1) is 17.1 Å². The third-order valence-corrected chi connectivity index (χ3v) is 4.19. The molecule has 0 aliphatic rings. The van der Waals surface area contributed by atoms with Crippen molar-refractivity contribution in [3.05, 3.63) is 0 Å². The summed E-state index contributed by atoms with van der Waals surface area (Å²) in [5.41, 5.74) is -3.19. The van der Waals surface area contributed by atoms with Crippen molar-refractivity contribution in [1.29, 1.82) is 0 Å². The Bertz CT molecular complexity index is 402. The van der Waals surface area contributed by atoms with Crippen LogP contribution >= 0.6 is 0 Å². The van der Waals surface area contributed by atoms with E-state index in [1.807, 2.05) is 13.8 Å². The van der Waals surface area contributed by atoms with Crippen molar-refractivity contribution in [2.75, 3.05) is 6.61 Å². The van der Waals surface area contributed by atoms with Gasteiger partial charge in [0.25, 0.3) is 0 Å². The standard InChI is InChI=1S/C17H32O5/c1-11(2)21-10-13(18)15(4,5)17(8,9)22-12(3)14(19)16(6,7)20/h11-12,20H,10H2,1-9H3. The number of rotatable bonds is 9. The Hall–Kier alpha value is -0.780. The first kappa shape index (κ1) is 21.2. The summed E-state index contributed by atoms with van der Waals surface area (Å²) in [5, 5.41) is 9.79. The van der Waals surface area contributed by atoms with E-state index < -0.39 is 28.5 Å². The second-order valence-corrected chi connectivity index (χ2v) is 7.60. The number of ketones is 2. The molecule has 1 N–H and O–H groups in total. The van der Waals surface area contributed by atoms with Crippen molar-refractivity contribution in [3.8, 4) is 0 Å². The molecule has 0 aliphatic heterocycles. The minimum atomic E-state index is -1.47. The zero-order valence-electron chi connectivity index (χ0n) is 15.4. The van der Waals surface area contributed by atoms with Crippen LogP contribution in [0.25, 0.3) is 0 Å². The predicted octanol–water partition coefficient (Wildman–Crippen LogP) is 2.53. The van der Waals surface area contributed by atoms with E-state index in [2.05, 4.69) is 0 Å². The third kappa shape index (κ3) is 5.45.